The maximum absolute atomic E-state index is 13.1. The van der Waals surface area contributed by atoms with E-state index in [9.17, 15) is 8.42 Å². The summed E-state index contributed by atoms with van der Waals surface area (Å²) < 4.78 is 38.5. The number of sulfonamides is 1. The minimum absolute atomic E-state index is 0.229. The lowest BCUT2D eigenvalue weighted by atomic mass is 10.0. The smallest absolute Gasteiger partial charge is 0.243 e. The van der Waals surface area contributed by atoms with Gasteiger partial charge in [-0.1, -0.05) is 23.8 Å². The summed E-state index contributed by atoms with van der Waals surface area (Å²) in [5.74, 6) is 1.34. The van der Waals surface area contributed by atoms with Gasteiger partial charge >= 0.3 is 0 Å². The summed E-state index contributed by atoms with van der Waals surface area (Å²) in [6, 6.07) is 12.3. The maximum atomic E-state index is 13.1. The van der Waals surface area contributed by atoms with Crippen LogP contribution in [-0.4, -0.2) is 33.5 Å². The molecule has 1 fully saturated rings. The molecule has 1 aliphatic rings. The zero-order valence-corrected chi connectivity index (χ0v) is 15.5. The Labute approximate surface area is 149 Å². The van der Waals surface area contributed by atoms with E-state index in [1.807, 2.05) is 31.2 Å². The lowest BCUT2D eigenvalue weighted by Crippen LogP contribution is -2.30. The van der Waals surface area contributed by atoms with Crippen molar-refractivity contribution in [3.63, 3.8) is 0 Å². The van der Waals surface area contributed by atoms with E-state index in [4.69, 9.17) is 9.47 Å². The molecular weight excluding hydrogens is 338 g/mol. The molecule has 2 aromatic carbocycles. The van der Waals surface area contributed by atoms with Crippen LogP contribution >= 0.6 is 0 Å². The molecule has 0 radical (unpaired) electrons. The molecule has 1 saturated heterocycles. The number of methoxy groups -OCH3 is 2. The van der Waals surface area contributed by atoms with Gasteiger partial charge in [-0.3, -0.25) is 0 Å². The summed E-state index contributed by atoms with van der Waals surface area (Å²) in [5, 5.41) is 0. The normalized spacial score (nSPS) is 18.3. The standard InChI is InChI=1S/C19H23NO4S/c1-14-6-9-16(10-7-14)25(21,22)20-12-4-5-18(20)17-11-8-15(23-2)13-19(17)24-3/h6-11,13,18H,4-5,12H2,1-3H3. The van der Waals surface area contributed by atoms with Crippen LogP contribution in [0.25, 0.3) is 0 Å². The fraction of sp³-hybridized carbons (Fsp3) is 0.368. The highest BCUT2D eigenvalue weighted by molar-refractivity contribution is 7.89. The van der Waals surface area contributed by atoms with E-state index < -0.39 is 10.0 Å². The summed E-state index contributed by atoms with van der Waals surface area (Å²) in [4.78, 5) is 0.331. The first-order valence-corrected chi connectivity index (χ1v) is 9.72. The fourth-order valence-corrected chi connectivity index (χ4v) is 4.95. The lowest BCUT2D eigenvalue weighted by molar-refractivity contribution is 0.361. The second-order valence-corrected chi connectivity index (χ2v) is 8.09. The Morgan fingerprint density at radius 2 is 1.76 bits per heavy atom. The Morgan fingerprint density at radius 1 is 1.04 bits per heavy atom. The van der Waals surface area contributed by atoms with Gasteiger partial charge < -0.3 is 9.47 Å². The zero-order valence-electron chi connectivity index (χ0n) is 14.7. The van der Waals surface area contributed by atoms with Crippen LogP contribution in [-0.2, 0) is 10.0 Å². The number of aryl methyl sites for hydroxylation is 1. The second kappa shape index (κ2) is 7.06. The molecule has 0 spiro atoms. The van der Waals surface area contributed by atoms with Crippen LogP contribution in [0.2, 0.25) is 0 Å². The molecule has 0 aromatic heterocycles. The lowest BCUT2D eigenvalue weighted by Gasteiger charge is -2.26. The number of benzene rings is 2. The van der Waals surface area contributed by atoms with Crippen molar-refractivity contribution >= 4 is 10.0 Å². The average molecular weight is 361 g/mol. The minimum atomic E-state index is -3.55. The molecule has 3 rings (SSSR count). The fourth-order valence-electron chi connectivity index (χ4n) is 3.28. The monoisotopic (exact) mass is 361 g/mol. The van der Waals surface area contributed by atoms with Crippen LogP contribution in [0.15, 0.2) is 47.4 Å². The van der Waals surface area contributed by atoms with E-state index in [1.54, 1.807) is 36.7 Å². The molecule has 2 aromatic rings. The van der Waals surface area contributed by atoms with Crippen molar-refractivity contribution < 1.29 is 17.9 Å². The molecule has 5 nitrogen and oxygen atoms in total. The molecule has 1 heterocycles. The number of ether oxygens (including phenoxy) is 2. The highest BCUT2D eigenvalue weighted by atomic mass is 32.2. The molecular formula is C19H23NO4S. The van der Waals surface area contributed by atoms with Crippen LogP contribution < -0.4 is 9.47 Å². The second-order valence-electron chi connectivity index (χ2n) is 6.19. The van der Waals surface area contributed by atoms with Gasteiger partial charge in [0.1, 0.15) is 11.5 Å². The van der Waals surface area contributed by atoms with Gasteiger partial charge in [0.25, 0.3) is 0 Å². The Hall–Kier alpha value is -2.05. The van der Waals surface area contributed by atoms with E-state index in [-0.39, 0.29) is 6.04 Å². The Balaban J connectivity index is 1.99. The van der Waals surface area contributed by atoms with E-state index in [1.165, 1.54) is 0 Å². The van der Waals surface area contributed by atoms with Gasteiger partial charge in [0.2, 0.25) is 10.0 Å². The third kappa shape index (κ3) is 3.37. The number of hydrogen-bond donors (Lipinski definition) is 0. The van der Waals surface area contributed by atoms with Crippen molar-refractivity contribution in [3.05, 3.63) is 53.6 Å². The summed E-state index contributed by atoms with van der Waals surface area (Å²) in [6.45, 7) is 2.45. The summed E-state index contributed by atoms with van der Waals surface area (Å²) in [7, 11) is -0.362. The van der Waals surface area contributed by atoms with E-state index in [2.05, 4.69) is 0 Å². The predicted octanol–water partition coefficient (Wildman–Crippen LogP) is 3.54. The van der Waals surface area contributed by atoms with Crippen LogP contribution in [0, 0.1) is 6.92 Å². The first-order chi connectivity index (χ1) is 12.0. The van der Waals surface area contributed by atoms with E-state index in [0.29, 0.717) is 22.9 Å². The van der Waals surface area contributed by atoms with Gasteiger partial charge in [0, 0.05) is 18.2 Å². The van der Waals surface area contributed by atoms with Crippen LogP contribution in [0.4, 0.5) is 0 Å². The average Bonchev–Trinajstić information content (AvgIpc) is 3.12. The SMILES string of the molecule is COc1ccc(C2CCCN2S(=O)(=O)c2ccc(C)cc2)c(OC)c1. The molecule has 25 heavy (non-hydrogen) atoms. The highest BCUT2D eigenvalue weighted by Gasteiger charge is 2.37. The van der Waals surface area contributed by atoms with Gasteiger partial charge in [0.15, 0.2) is 0 Å². The summed E-state index contributed by atoms with van der Waals surface area (Å²) in [5.41, 5.74) is 1.91. The number of hydrogen-bond acceptors (Lipinski definition) is 4. The molecule has 6 heteroatoms. The third-order valence-corrected chi connectivity index (χ3v) is 6.55. The van der Waals surface area contributed by atoms with Crippen molar-refractivity contribution in [1.29, 1.82) is 0 Å². The van der Waals surface area contributed by atoms with Crippen molar-refractivity contribution in [2.75, 3.05) is 20.8 Å². The molecule has 0 aliphatic carbocycles. The van der Waals surface area contributed by atoms with Crippen LogP contribution in [0.1, 0.15) is 30.0 Å². The highest BCUT2D eigenvalue weighted by Crippen LogP contribution is 2.41. The van der Waals surface area contributed by atoms with Crippen molar-refractivity contribution in [1.82, 2.24) is 4.31 Å². The zero-order chi connectivity index (χ0) is 18.0. The van der Waals surface area contributed by atoms with E-state index >= 15 is 0 Å². The maximum Gasteiger partial charge on any atom is 0.243 e. The van der Waals surface area contributed by atoms with E-state index in [0.717, 1.165) is 24.0 Å². The van der Waals surface area contributed by atoms with Gasteiger partial charge in [0.05, 0.1) is 25.2 Å². The largest absolute Gasteiger partial charge is 0.497 e. The predicted molar refractivity (Wildman–Crippen MR) is 96.6 cm³/mol. The molecule has 0 N–H and O–H groups in total. The molecule has 0 amide bonds. The third-order valence-electron chi connectivity index (χ3n) is 4.63. The minimum Gasteiger partial charge on any atom is -0.497 e. The van der Waals surface area contributed by atoms with Gasteiger partial charge in [-0.2, -0.15) is 4.31 Å². The summed E-state index contributed by atoms with van der Waals surface area (Å²) in [6.07, 6.45) is 1.60. The van der Waals surface area contributed by atoms with Crippen molar-refractivity contribution in [2.24, 2.45) is 0 Å². The Bertz CT molecular complexity index is 846. The molecule has 134 valence electrons. The Kier molecular flexibility index (Phi) is 5.01. The van der Waals surface area contributed by atoms with Gasteiger partial charge in [-0.15, -0.1) is 0 Å². The first-order valence-electron chi connectivity index (χ1n) is 8.28. The van der Waals surface area contributed by atoms with Crippen molar-refractivity contribution in [2.45, 2.75) is 30.7 Å². The number of nitrogens with zero attached hydrogens (tertiary/aromatic N) is 1. The molecule has 0 saturated carbocycles. The van der Waals surface area contributed by atoms with Crippen molar-refractivity contribution in [3.8, 4) is 11.5 Å². The van der Waals surface area contributed by atoms with Gasteiger partial charge in [-0.05, 0) is 38.0 Å². The number of rotatable bonds is 5. The quantitative estimate of drug-likeness (QED) is 0.817. The summed E-state index contributed by atoms with van der Waals surface area (Å²) >= 11 is 0. The van der Waals surface area contributed by atoms with Crippen LogP contribution in [0.3, 0.4) is 0 Å². The van der Waals surface area contributed by atoms with Crippen LogP contribution in [0.5, 0.6) is 11.5 Å². The molecule has 1 unspecified atom stereocenters. The Morgan fingerprint density at radius 3 is 2.40 bits per heavy atom. The first kappa shape index (κ1) is 17.8. The van der Waals surface area contributed by atoms with Gasteiger partial charge in [-0.25, -0.2) is 8.42 Å². The molecule has 1 aliphatic heterocycles. The molecule has 1 atom stereocenters. The topological polar surface area (TPSA) is 55.8 Å². The molecule has 0 bridgehead atoms.